The first kappa shape index (κ1) is 13.1. The van der Waals surface area contributed by atoms with Crippen LogP contribution < -0.4 is 14.8 Å². The van der Waals surface area contributed by atoms with Crippen molar-refractivity contribution in [3.63, 3.8) is 0 Å². The maximum absolute atomic E-state index is 5.73. The van der Waals surface area contributed by atoms with E-state index in [9.17, 15) is 0 Å². The average Bonchev–Trinajstić information content (AvgIpc) is 2.87. The molecule has 1 aliphatic heterocycles. The number of nitrogens with zero attached hydrogens (tertiary/aromatic N) is 2. The van der Waals surface area contributed by atoms with Gasteiger partial charge in [-0.25, -0.2) is 9.97 Å². The van der Waals surface area contributed by atoms with Gasteiger partial charge in [-0.1, -0.05) is 0 Å². The zero-order chi connectivity index (χ0) is 12.8. The van der Waals surface area contributed by atoms with Crippen molar-refractivity contribution in [2.24, 2.45) is 5.92 Å². The van der Waals surface area contributed by atoms with Crippen LogP contribution in [-0.2, 0) is 0 Å². The van der Waals surface area contributed by atoms with E-state index in [0.29, 0.717) is 25.0 Å². The molecule has 1 saturated heterocycles. The second-order valence-electron chi connectivity index (χ2n) is 4.54. The quantitative estimate of drug-likeness (QED) is 0.831. The number of hydrogen-bond donors (Lipinski definition) is 1. The van der Waals surface area contributed by atoms with Crippen molar-refractivity contribution in [3.05, 3.63) is 11.9 Å². The predicted molar refractivity (Wildman–Crippen MR) is 69.0 cm³/mol. The maximum Gasteiger partial charge on any atom is 0.223 e. The maximum atomic E-state index is 5.73. The molecular formula is C13H21N3O2. The fourth-order valence-corrected chi connectivity index (χ4v) is 2.13. The van der Waals surface area contributed by atoms with Gasteiger partial charge < -0.3 is 14.8 Å². The summed E-state index contributed by atoms with van der Waals surface area (Å²) in [5, 5.41) is 3.36. The predicted octanol–water partition coefficient (Wildman–Crippen LogP) is 1.56. The lowest BCUT2D eigenvalue weighted by molar-refractivity contribution is 0.265. The molecule has 1 atom stereocenters. The molecule has 1 aromatic rings. The van der Waals surface area contributed by atoms with E-state index < -0.39 is 0 Å². The van der Waals surface area contributed by atoms with E-state index in [1.165, 1.54) is 12.7 Å². The molecule has 0 aromatic carbocycles. The number of rotatable bonds is 6. The standard InChI is InChI=1S/C13H21N3O2/c1-3-17-12-10(2)13(16-9-15-12)18-7-5-11-4-6-14-8-11/h9,11,14H,3-8H2,1-2H3. The summed E-state index contributed by atoms with van der Waals surface area (Å²) in [4.78, 5) is 8.25. The third-order valence-electron chi connectivity index (χ3n) is 3.20. The van der Waals surface area contributed by atoms with Gasteiger partial charge in [-0.15, -0.1) is 0 Å². The fourth-order valence-electron chi connectivity index (χ4n) is 2.13. The lowest BCUT2D eigenvalue weighted by atomic mass is 10.1. The minimum Gasteiger partial charge on any atom is -0.478 e. The zero-order valence-corrected chi connectivity index (χ0v) is 11.1. The molecule has 1 fully saturated rings. The Balaban J connectivity index is 1.86. The summed E-state index contributed by atoms with van der Waals surface area (Å²) in [6.45, 7) is 7.41. The summed E-state index contributed by atoms with van der Waals surface area (Å²) in [5.41, 5.74) is 0.879. The molecule has 1 N–H and O–H groups in total. The minimum absolute atomic E-state index is 0.602. The highest BCUT2D eigenvalue weighted by Crippen LogP contribution is 2.23. The first-order valence-corrected chi connectivity index (χ1v) is 6.59. The smallest absolute Gasteiger partial charge is 0.223 e. The van der Waals surface area contributed by atoms with E-state index in [1.807, 2.05) is 13.8 Å². The molecule has 1 aliphatic rings. The molecule has 2 heterocycles. The zero-order valence-electron chi connectivity index (χ0n) is 11.1. The van der Waals surface area contributed by atoms with Gasteiger partial charge in [0.1, 0.15) is 6.33 Å². The first-order chi connectivity index (χ1) is 8.81. The monoisotopic (exact) mass is 251 g/mol. The largest absolute Gasteiger partial charge is 0.478 e. The van der Waals surface area contributed by atoms with Gasteiger partial charge >= 0.3 is 0 Å². The first-order valence-electron chi connectivity index (χ1n) is 6.59. The molecule has 1 unspecified atom stereocenters. The Hall–Kier alpha value is -1.36. The Morgan fingerprint density at radius 2 is 2.11 bits per heavy atom. The van der Waals surface area contributed by atoms with Crippen molar-refractivity contribution in [2.75, 3.05) is 26.3 Å². The van der Waals surface area contributed by atoms with E-state index in [1.54, 1.807) is 0 Å². The van der Waals surface area contributed by atoms with Crippen LogP contribution in [0.1, 0.15) is 25.3 Å². The van der Waals surface area contributed by atoms with Gasteiger partial charge in [0.15, 0.2) is 0 Å². The van der Waals surface area contributed by atoms with Crippen LogP contribution in [0, 0.1) is 12.8 Å². The topological polar surface area (TPSA) is 56.3 Å². The van der Waals surface area contributed by atoms with Crippen molar-refractivity contribution >= 4 is 0 Å². The average molecular weight is 251 g/mol. The van der Waals surface area contributed by atoms with E-state index >= 15 is 0 Å². The second kappa shape index (κ2) is 6.54. The Labute approximate surface area is 108 Å². The van der Waals surface area contributed by atoms with Crippen LogP contribution in [0.4, 0.5) is 0 Å². The van der Waals surface area contributed by atoms with E-state index in [0.717, 1.165) is 31.0 Å². The molecule has 0 spiro atoms. The number of hydrogen-bond acceptors (Lipinski definition) is 5. The third kappa shape index (κ3) is 3.32. The van der Waals surface area contributed by atoms with Crippen molar-refractivity contribution in [3.8, 4) is 11.8 Å². The highest BCUT2D eigenvalue weighted by atomic mass is 16.5. The Morgan fingerprint density at radius 1 is 1.33 bits per heavy atom. The van der Waals surface area contributed by atoms with Crippen molar-refractivity contribution in [1.82, 2.24) is 15.3 Å². The summed E-state index contributed by atoms with van der Waals surface area (Å²) in [5.74, 6) is 1.99. The van der Waals surface area contributed by atoms with Gasteiger partial charge in [-0.2, -0.15) is 0 Å². The lowest BCUT2D eigenvalue weighted by Crippen LogP contribution is -2.12. The molecular weight excluding hydrogens is 230 g/mol. The van der Waals surface area contributed by atoms with E-state index in [4.69, 9.17) is 9.47 Å². The van der Waals surface area contributed by atoms with Gasteiger partial charge in [-0.3, -0.25) is 0 Å². The lowest BCUT2D eigenvalue weighted by Gasteiger charge is -2.12. The molecule has 0 radical (unpaired) electrons. The summed E-state index contributed by atoms with van der Waals surface area (Å²) in [7, 11) is 0. The second-order valence-corrected chi connectivity index (χ2v) is 4.54. The Bertz CT molecular complexity index is 378. The van der Waals surface area contributed by atoms with Gasteiger partial charge in [0.25, 0.3) is 0 Å². The van der Waals surface area contributed by atoms with Crippen LogP contribution in [0.2, 0.25) is 0 Å². The molecule has 0 bridgehead atoms. The van der Waals surface area contributed by atoms with Gasteiger partial charge in [0.2, 0.25) is 11.8 Å². The van der Waals surface area contributed by atoms with Crippen LogP contribution in [0.25, 0.3) is 0 Å². The molecule has 2 rings (SSSR count). The third-order valence-corrected chi connectivity index (χ3v) is 3.20. The number of nitrogens with one attached hydrogen (secondary N) is 1. The van der Waals surface area contributed by atoms with E-state index in [2.05, 4.69) is 15.3 Å². The number of ether oxygens (including phenoxy) is 2. The van der Waals surface area contributed by atoms with Crippen LogP contribution in [0.5, 0.6) is 11.8 Å². The number of aromatic nitrogens is 2. The minimum atomic E-state index is 0.602. The normalized spacial score (nSPS) is 18.9. The Morgan fingerprint density at radius 3 is 2.78 bits per heavy atom. The Kier molecular flexibility index (Phi) is 4.75. The molecule has 18 heavy (non-hydrogen) atoms. The van der Waals surface area contributed by atoms with Crippen LogP contribution in [0.15, 0.2) is 6.33 Å². The highest BCUT2D eigenvalue weighted by Gasteiger charge is 2.15. The summed E-state index contributed by atoms with van der Waals surface area (Å²) in [6, 6.07) is 0. The summed E-state index contributed by atoms with van der Waals surface area (Å²) in [6.07, 6.45) is 3.81. The van der Waals surface area contributed by atoms with Crippen molar-refractivity contribution in [2.45, 2.75) is 26.7 Å². The summed E-state index contributed by atoms with van der Waals surface area (Å²) < 4.78 is 11.1. The molecule has 1 aromatic heterocycles. The van der Waals surface area contributed by atoms with Crippen molar-refractivity contribution < 1.29 is 9.47 Å². The van der Waals surface area contributed by atoms with Crippen LogP contribution in [0.3, 0.4) is 0 Å². The molecule has 0 amide bonds. The SMILES string of the molecule is CCOc1ncnc(OCCC2CCNC2)c1C. The molecule has 5 heteroatoms. The summed E-state index contributed by atoms with van der Waals surface area (Å²) >= 11 is 0. The van der Waals surface area contributed by atoms with Gasteiger partial charge in [0, 0.05) is 0 Å². The fraction of sp³-hybridized carbons (Fsp3) is 0.692. The van der Waals surface area contributed by atoms with Crippen LogP contribution >= 0.6 is 0 Å². The van der Waals surface area contributed by atoms with Crippen LogP contribution in [-0.4, -0.2) is 36.3 Å². The highest BCUT2D eigenvalue weighted by molar-refractivity contribution is 5.32. The van der Waals surface area contributed by atoms with E-state index in [-0.39, 0.29) is 0 Å². The van der Waals surface area contributed by atoms with Gasteiger partial charge in [0.05, 0.1) is 18.8 Å². The molecule has 100 valence electrons. The van der Waals surface area contributed by atoms with Gasteiger partial charge in [-0.05, 0) is 45.7 Å². The molecule has 0 aliphatic carbocycles. The molecule has 0 saturated carbocycles. The molecule has 5 nitrogen and oxygen atoms in total. The van der Waals surface area contributed by atoms with Crippen molar-refractivity contribution in [1.29, 1.82) is 0 Å².